The highest BCUT2D eigenvalue weighted by molar-refractivity contribution is 9.10. The molecule has 1 heterocycles. The summed E-state index contributed by atoms with van der Waals surface area (Å²) in [5, 5.41) is 0. The lowest BCUT2D eigenvalue weighted by molar-refractivity contribution is -0.142. The first kappa shape index (κ1) is 29.4. The molecule has 1 amide bonds. The fourth-order valence-electron chi connectivity index (χ4n) is 4.07. The van der Waals surface area contributed by atoms with Gasteiger partial charge in [0.2, 0.25) is 0 Å². The van der Waals surface area contributed by atoms with Crippen LogP contribution >= 0.6 is 15.9 Å². The number of hydrogen-bond donors (Lipinski definition) is 0. The van der Waals surface area contributed by atoms with Crippen LogP contribution in [0.5, 0.6) is 5.75 Å². The molecular formula is C25H34BrNO9. The maximum atomic E-state index is 13.1. The summed E-state index contributed by atoms with van der Waals surface area (Å²) >= 11 is 3.40. The molecule has 1 aliphatic heterocycles. The Morgan fingerprint density at radius 3 is 2.22 bits per heavy atom. The molecule has 0 bridgehead atoms. The van der Waals surface area contributed by atoms with Gasteiger partial charge in [-0.3, -0.25) is 14.4 Å². The van der Waals surface area contributed by atoms with Gasteiger partial charge in [0.05, 0.1) is 46.8 Å². The molecule has 0 N–H and O–H groups in total. The van der Waals surface area contributed by atoms with E-state index in [0.29, 0.717) is 17.7 Å². The molecule has 2 rings (SSSR count). The lowest BCUT2D eigenvalue weighted by Crippen LogP contribution is -2.42. The molecule has 11 heteroatoms. The molecule has 0 saturated carbocycles. The fourth-order valence-corrected chi connectivity index (χ4v) is 4.48. The second-order valence-electron chi connectivity index (χ2n) is 9.42. The monoisotopic (exact) mass is 571 g/mol. The largest absolute Gasteiger partial charge is 0.488 e. The molecule has 0 radical (unpaired) electrons. The van der Waals surface area contributed by atoms with Gasteiger partial charge in [-0.15, -0.1) is 0 Å². The Morgan fingerprint density at radius 1 is 1.00 bits per heavy atom. The number of carbonyl (C=O) groups excluding carboxylic acids is 4. The number of methoxy groups -OCH3 is 3. The molecule has 0 aliphatic carbocycles. The summed E-state index contributed by atoms with van der Waals surface area (Å²) in [6.45, 7) is 5.36. The first-order valence-electron chi connectivity index (χ1n) is 11.5. The van der Waals surface area contributed by atoms with Crippen LogP contribution in [0.3, 0.4) is 0 Å². The Morgan fingerprint density at radius 2 is 1.64 bits per heavy atom. The van der Waals surface area contributed by atoms with Crippen molar-refractivity contribution in [3.8, 4) is 5.75 Å². The number of nitrogens with zero attached hydrogens (tertiary/aromatic N) is 1. The third kappa shape index (κ3) is 8.39. The van der Waals surface area contributed by atoms with E-state index in [1.165, 1.54) is 26.2 Å². The molecule has 1 aliphatic rings. The third-order valence-electron chi connectivity index (χ3n) is 5.75. The van der Waals surface area contributed by atoms with Crippen molar-refractivity contribution in [1.82, 2.24) is 4.90 Å². The van der Waals surface area contributed by atoms with Crippen LogP contribution in [0.4, 0.5) is 4.79 Å². The number of ether oxygens (including phenoxy) is 5. The number of rotatable bonds is 9. The lowest BCUT2D eigenvalue weighted by Gasteiger charge is -2.29. The van der Waals surface area contributed by atoms with Crippen molar-refractivity contribution in [2.75, 3.05) is 27.9 Å². The number of benzene rings is 1. The standard InChI is InChI=1S/C25H34BrNO9/c1-25(2,3)36-24(31)27-14-20(17(8-10-21(28)32-4)18(27)13-23(30)34-6)35-19-9-7-16(26)11-15(19)12-22(29)33-5/h7,9,11,17-18,20H,8,10,12-14H2,1-6H3/t17-,18?,20?/m1/s1. The predicted octanol–water partition coefficient (Wildman–Crippen LogP) is 3.66. The molecule has 2 unspecified atom stereocenters. The first-order chi connectivity index (χ1) is 16.9. The second kappa shape index (κ2) is 12.9. The van der Waals surface area contributed by atoms with Gasteiger partial charge in [0, 0.05) is 22.4 Å². The van der Waals surface area contributed by atoms with Gasteiger partial charge in [-0.25, -0.2) is 4.79 Å². The van der Waals surface area contributed by atoms with E-state index in [9.17, 15) is 19.2 Å². The molecule has 1 saturated heterocycles. The normalized spacial score (nSPS) is 19.4. The van der Waals surface area contributed by atoms with Crippen molar-refractivity contribution < 1.29 is 42.9 Å². The maximum Gasteiger partial charge on any atom is 0.410 e. The molecule has 1 aromatic carbocycles. The van der Waals surface area contributed by atoms with Gasteiger partial charge in [-0.1, -0.05) is 15.9 Å². The van der Waals surface area contributed by atoms with E-state index in [2.05, 4.69) is 15.9 Å². The van der Waals surface area contributed by atoms with Gasteiger partial charge in [0.15, 0.2) is 0 Å². The summed E-state index contributed by atoms with van der Waals surface area (Å²) in [6.07, 6.45) is -0.967. The number of carbonyl (C=O) groups is 4. The minimum atomic E-state index is -0.757. The van der Waals surface area contributed by atoms with Crippen molar-refractivity contribution >= 4 is 39.9 Å². The smallest absolute Gasteiger partial charge is 0.410 e. The zero-order valence-electron chi connectivity index (χ0n) is 21.5. The maximum absolute atomic E-state index is 13.1. The average molecular weight is 572 g/mol. The van der Waals surface area contributed by atoms with Gasteiger partial charge in [0.25, 0.3) is 0 Å². The van der Waals surface area contributed by atoms with E-state index in [1.54, 1.807) is 39.0 Å². The van der Waals surface area contributed by atoms with Crippen LogP contribution in [-0.2, 0) is 39.8 Å². The van der Waals surface area contributed by atoms with Crippen molar-refractivity contribution in [3.63, 3.8) is 0 Å². The highest BCUT2D eigenvalue weighted by Crippen LogP contribution is 2.36. The summed E-state index contributed by atoms with van der Waals surface area (Å²) in [7, 11) is 3.87. The van der Waals surface area contributed by atoms with E-state index >= 15 is 0 Å². The molecule has 1 fully saturated rings. The summed E-state index contributed by atoms with van der Waals surface area (Å²) in [5.74, 6) is -1.36. The van der Waals surface area contributed by atoms with Crippen molar-refractivity contribution in [1.29, 1.82) is 0 Å². The fraction of sp³-hybridized carbons (Fsp3) is 0.600. The zero-order chi connectivity index (χ0) is 27.0. The van der Waals surface area contributed by atoms with Crippen LogP contribution < -0.4 is 4.74 Å². The van der Waals surface area contributed by atoms with Gasteiger partial charge in [-0.2, -0.15) is 0 Å². The highest BCUT2D eigenvalue weighted by atomic mass is 79.9. The third-order valence-corrected chi connectivity index (χ3v) is 6.25. The highest BCUT2D eigenvalue weighted by Gasteiger charge is 2.47. The Hall–Kier alpha value is -2.82. The van der Waals surface area contributed by atoms with E-state index < -0.39 is 47.7 Å². The van der Waals surface area contributed by atoms with Gasteiger partial charge in [0.1, 0.15) is 17.5 Å². The summed E-state index contributed by atoms with van der Waals surface area (Å²) in [6, 6.07) is 4.60. The molecular weight excluding hydrogens is 538 g/mol. The van der Waals surface area contributed by atoms with Crippen LogP contribution in [0.2, 0.25) is 0 Å². The number of likely N-dealkylation sites (tertiary alicyclic amines) is 1. The quantitative estimate of drug-likeness (QED) is 0.323. The minimum Gasteiger partial charge on any atom is -0.488 e. The second-order valence-corrected chi connectivity index (χ2v) is 10.3. The topological polar surface area (TPSA) is 118 Å². The lowest BCUT2D eigenvalue weighted by atomic mass is 9.90. The van der Waals surface area contributed by atoms with E-state index in [1.807, 2.05) is 0 Å². The van der Waals surface area contributed by atoms with Gasteiger partial charge < -0.3 is 28.6 Å². The average Bonchev–Trinajstić information content (AvgIpc) is 3.14. The number of esters is 3. The van der Waals surface area contributed by atoms with E-state index in [4.69, 9.17) is 23.7 Å². The van der Waals surface area contributed by atoms with Gasteiger partial charge >= 0.3 is 24.0 Å². The van der Waals surface area contributed by atoms with Crippen LogP contribution in [0, 0.1) is 5.92 Å². The Labute approximate surface area is 219 Å². The molecule has 36 heavy (non-hydrogen) atoms. The SMILES string of the molecule is COC(=O)CC[C@H]1C(Oc2ccc(Br)cc2CC(=O)OC)CN(C(=O)OC(C)(C)C)C1CC(=O)OC. The summed E-state index contributed by atoms with van der Waals surface area (Å²) in [4.78, 5) is 50.8. The molecule has 3 atom stereocenters. The molecule has 0 spiro atoms. The molecule has 10 nitrogen and oxygen atoms in total. The van der Waals surface area contributed by atoms with Crippen LogP contribution in [-0.4, -0.2) is 74.5 Å². The van der Waals surface area contributed by atoms with Crippen molar-refractivity contribution in [2.45, 2.75) is 64.2 Å². The Balaban J connectivity index is 2.44. The first-order valence-corrected chi connectivity index (χ1v) is 12.3. The Kier molecular flexibility index (Phi) is 10.6. The number of hydrogen-bond acceptors (Lipinski definition) is 9. The van der Waals surface area contributed by atoms with Crippen LogP contribution in [0.1, 0.15) is 45.6 Å². The van der Waals surface area contributed by atoms with Gasteiger partial charge in [-0.05, 0) is 45.4 Å². The minimum absolute atomic E-state index is 0.0216. The predicted molar refractivity (Wildman–Crippen MR) is 132 cm³/mol. The Bertz CT molecular complexity index is 959. The van der Waals surface area contributed by atoms with E-state index in [-0.39, 0.29) is 25.8 Å². The van der Waals surface area contributed by atoms with Crippen LogP contribution in [0.25, 0.3) is 0 Å². The number of halogens is 1. The molecule has 200 valence electrons. The number of amides is 1. The van der Waals surface area contributed by atoms with Crippen molar-refractivity contribution in [3.05, 3.63) is 28.2 Å². The van der Waals surface area contributed by atoms with Crippen molar-refractivity contribution in [2.24, 2.45) is 5.92 Å². The molecule has 1 aromatic rings. The summed E-state index contributed by atoms with van der Waals surface area (Å²) < 4.78 is 27.2. The zero-order valence-corrected chi connectivity index (χ0v) is 23.1. The molecule has 0 aromatic heterocycles. The summed E-state index contributed by atoms with van der Waals surface area (Å²) in [5.41, 5.74) is -0.171. The van der Waals surface area contributed by atoms with Crippen LogP contribution in [0.15, 0.2) is 22.7 Å². The van der Waals surface area contributed by atoms with E-state index in [0.717, 1.165) is 4.47 Å².